The van der Waals surface area contributed by atoms with E-state index in [-0.39, 0.29) is 5.82 Å². The Balaban J connectivity index is 2.87. The van der Waals surface area contributed by atoms with E-state index >= 15 is 0 Å². The minimum Gasteiger partial charge on any atom is -0.359 e. The highest BCUT2D eigenvalue weighted by Crippen LogP contribution is 2.20. The molecular formula is C8H5ClFN. The summed E-state index contributed by atoms with van der Waals surface area (Å²) in [6.45, 7) is 0. The van der Waals surface area contributed by atoms with Gasteiger partial charge in [0.25, 0.3) is 0 Å². The summed E-state index contributed by atoms with van der Waals surface area (Å²) in [5, 5.41) is 1.09. The lowest BCUT2D eigenvalue weighted by Crippen LogP contribution is -1.68. The molecule has 0 bridgehead atoms. The van der Waals surface area contributed by atoms with Crippen molar-refractivity contribution in [2.24, 2.45) is 0 Å². The molecule has 2 rings (SSSR count). The zero-order valence-electron chi connectivity index (χ0n) is 5.57. The Morgan fingerprint density at radius 3 is 3.00 bits per heavy atom. The Labute approximate surface area is 67.8 Å². The lowest BCUT2D eigenvalue weighted by atomic mass is 10.2. The monoisotopic (exact) mass is 169 g/mol. The summed E-state index contributed by atoms with van der Waals surface area (Å²) in [6.07, 6.45) is 1.32. The molecule has 0 radical (unpaired) electrons. The van der Waals surface area contributed by atoms with Crippen LogP contribution in [0.2, 0.25) is 5.02 Å². The number of benzene rings is 1. The molecule has 0 spiro atoms. The first-order chi connectivity index (χ1) is 5.27. The number of halogens is 2. The molecule has 1 aromatic heterocycles. The number of H-pyrrole nitrogens is 1. The van der Waals surface area contributed by atoms with Gasteiger partial charge in [-0.2, -0.15) is 0 Å². The van der Waals surface area contributed by atoms with Crippen molar-refractivity contribution < 1.29 is 4.39 Å². The number of aromatic nitrogens is 1. The van der Waals surface area contributed by atoms with Crippen LogP contribution in [0.15, 0.2) is 24.4 Å². The molecule has 0 fully saturated rings. The summed E-state index contributed by atoms with van der Waals surface area (Å²) in [6, 6.07) is 5.07. The van der Waals surface area contributed by atoms with Crippen molar-refractivity contribution in [1.29, 1.82) is 0 Å². The van der Waals surface area contributed by atoms with E-state index in [0.29, 0.717) is 10.4 Å². The zero-order valence-corrected chi connectivity index (χ0v) is 6.32. The van der Waals surface area contributed by atoms with Crippen LogP contribution >= 0.6 is 11.6 Å². The molecule has 0 aliphatic carbocycles. The van der Waals surface area contributed by atoms with Gasteiger partial charge in [-0.25, -0.2) is 4.39 Å². The average Bonchev–Trinajstić information content (AvgIpc) is 2.33. The van der Waals surface area contributed by atoms with Crippen molar-refractivity contribution in [2.75, 3.05) is 0 Å². The standard InChI is InChI=1S/C8H5ClFN/c9-5-1-2-8-6(3-5)7(10)4-11-8/h1-4,11H. The second kappa shape index (κ2) is 2.24. The van der Waals surface area contributed by atoms with Crippen LogP contribution in [-0.4, -0.2) is 4.98 Å². The van der Waals surface area contributed by atoms with Crippen molar-refractivity contribution in [2.45, 2.75) is 0 Å². The highest BCUT2D eigenvalue weighted by atomic mass is 35.5. The summed E-state index contributed by atoms with van der Waals surface area (Å²) in [7, 11) is 0. The van der Waals surface area contributed by atoms with E-state index in [1.54, 1.807) is 18.2 Å². The van der Waals surface area contributed by atoms with Crippen molar-refractivity contribution >= 4 is 22.5 Å². The molecule has 0 saturated carbocycles. The van der Waals surface area contributed by atoms with Crippen LogP contribution in [0.25, 0.3) is 10.9 Å². The van der Waals surface area contributed by atoms with E-state index in [9.17, 15) is 4.39 Å². The third-order valence-corrected chi connectivity index (χ3v) is 1.83. The highest BCUT2D eigenvalue weighted by Gasteiger charge is 2.01. The van der Waals surface area contributed by atoms with E-state index in [2.05, 4.69) is 4.98 Å². The van der Waals surface area contributed by atoms with Gasteiger partial charge in [-0.1, -0.05) is 11.6 Å². The number of fused-ring (bicyclic) bond motifs is 1. The first-order valence-electron chi connectivity index (χ1n) is 3.19. The van der Waals surface area contributed by atoms with Gasteiger partial charge in [-0.3, -0.25) is 0 Å². The van der Waals surface area contributed by atoms with Crippen molar-refractivity contribution in [3.05, 3.63) is 35.2 Å². The molecule has 2 aromatic rings. The van der Waals surface area contributed by atoms with Crippen molar-refractivity contribution in [1.82, 2.24) is 4.98 Å². The van der Waals surface area contributed by atoms with Crippen molar-refractivity contribution in [3.8, 4) is 0 Å². The van der Waals surface area contributed by atoms with E-state index in [1.165, 1.54) is 6.20 Å². The van der Waals surface area contributed by atoms with Crippen molar-refractivity contribution in [3.63, 3.8) is 0 Å². The number of rotatable bonds is 0. The lowest BCUT2D eigenvalue weighted by Gasteiger charge is -1.89. The number of hydrogen-bond donors (Lipinski definition) is 1. The van der Waals surface area contributed by atoms with Crippen LogP contribution in [0.5, 0.6) is 0 Å². The fraction of sp³-hybridized carbons (Fsp3) is 0. The van der Waals surface area contributed by atoms with E-state index in [1.807, 2.05) is 0 Å². The summed E-state index contributed by atoms with van der Waals surface area (Å²) < 4.78 is 12.8. The minimum atomic E-state index is -0.262. The molecule has 0 atom stereocenters. The maximum atomic E-state index is 12.8. The summed E-state index contributed by atoms with van der Waals surface area (Å²) in [4.78, 5) is 2.78. The number of aromatic amines is 1. The molecule has 3 heteroatoms. The molecule has 11 heavy (non-hydrogen) atoms. The zero-order chi connectivity index (χ0) is 7.84. The molecule has 56 valence electrons. The highest BCUT2D eigenvalue weighted by molar-refractivity contribution is 6.31. The Hall–Kier alpha value is -1.02. The molecule has 1 heterocycles. The Morgan fingerprint density at radius 2 is 2.18 bits per heavy atom. The summed E-state index contributed by atoms with van der Waals surface area (Å²) in [5.74, 6) is -0.262. The van der Waals surface area contributed by atoms with E-state index in [0.717, 1.165) is 5.52 Å². The van der Waals surface area contributed by atoms with Gasteiger partial charge >= 0.3 is 0 Å². The molecule has 0 aliphatic heterocycles. The van der Waals surface area contributed by atoms with Crippen LogP contribution in [-0.2, 0) is 0 Å². The Morgan fingerprint density at radius 1 is 1.36 bits per heavy atom. The van der Waals surface area contributed by atoms with Gasteiger partial charge in [0.2, 0.25) is 0 Å². The van der Waals surface area contributed by atoms with Gasteiger partial charge in [0.1, 0.15) is 5.82 Å². The fourth-order valence-corrected chi connectivity index (χ4v) is 1.23. The number of nitrogens with one attached hydrogen (secondary N) is 1. The first-order valence-corrected chi connectivity index (χ1v) is 3.57. The molecule has 1 N–H and O–H groups in total. The maximum Gasteiger partial charge on any atom is 0.148 e. The smallest absolute Gasteiger partial charge is 0.148 e. The van der Waals surface area contributed by atoms with Crippen LogP contribution in [0.3, 0.4) is 0 Å². The molecular weight excluding hydrogens is 165 g/mol. The SMILES string of the molecule is Fc1c[nH]c2ccc(Cl)cc12. The second-order valence-corrected chi connectivity index (χ2v) is 2.76. The predicted octanol–water partition coefficient (Wildman–Crippen LogP) is 2.96. The lowest BCUT2D eigenvalue weighted by molar-refractivity contribution is 0.639. The Kier molecular flexibility index (Phi) is 1.36. The molecule has 1 aromatic carbocycles. The predicted molar refractivity (Wildman–Crippen MR) is 43.3 cm³/mol. The van der Waals surface area contributed by atoms with E-state index in [4.69, 9.17) is 11.6 Å². The largest absolute Gasteiger partial charge is 0.359 e. The average molecular weight is 170 g/mol. The maximum absolute atomic E-state index is 12.8. The fourth-order valence-electron chi connectivity index (χ4n) is 1.06. The third-order valence-electron chi connectivity index (χ3n) is 1.59. The van der Waals surface area contributed by atoms with E-state index < -0.39 is 0 Å². The second-order valence-electron chi connectivity index (χ2n) is 2.33. The normalized spacial score (nSPS) is 10.7. The van der Waals surface area contributed by atoms with Gasteiger partial charge in [0, 0.05) is 22.1 Å². The molecule has 1 nitrogen and oxygen atoms in total. The summed E-state index contributed by atoms with van der Waals surface area (Å²) in [5.41, 5.74) is 0.770. The molecule has 0 unspecified atom stereocenters. The van der Waals surface area contributed by atoms with Gasteiger partial charge in [0.15, 0.2) is 0 Å². The third kappa shape index (κ3) is 0.994. The molecule has 0 amide bonds. The summed E-state index contributed by atoms with van der Waals surface area (Å²) >= 11 is 5.67. The van der Waals surface area contributed by atoms with Gasteiger partial charge in [-0.15, -0.1) is 0 Å². The topological polar surface area (TPSA) is 15.8 Å². The minimum absolute atomic E-state index is 0.262. The van der Waals surface area contributed by atoms with Crippen LogP contribution in [0.1, 0.15) is 0 Å². The quantitative estimate of drug-likeness (QED) is 0.624. The van der Waals surface area contributed by atoms with Gasteiger partial charge in [0.05, 0.1) is 0 Å². The molecule has 0 saturated heterocycles. The van der Waals surface area contributed by atoms with Crippen LogP contribution in [0, 0.1) is 5.82 Å². The van der Waals surface area contributed by atoms with Gasteiger partial charge < -0.3 is 4.98 Å². The van der Waals surface area contributed by atoms with Gasteiger partial charge in [-0.05, 0) is 18.2 Å². The van der Waals surface area contributed by atoms with Crippen LogP contribution in [0.4, 0.5) is 4.39 Å². The number of hydrogen-bond acceptors (Lipinski definition) is 0. The first kappa shape index (κ1) is 6.68. The molecule has 0 aliphatic rings. The van der Waals surface area contributed by atoms with Crippen LogP contribution < -0.4 is 0 Å². The Bertz CT molecular complexity index is 394.